The molecule has 0 radical (unpaired) electrons. The Hall–Kier alpha value is -1.89. The van der Waals surface area contributed by atoms with Crippen LogP contribution in [-0.2, 0) is 0 Å². The van der Waals surface area contributed by atoms with E-state index >= 15 is 0 Å². The van der Waals surface area contributed by atoms with Gasteiger partial charge in [-0.1, -0.05) is 24.1 Å². The van der Waals surface area contributed by atoms with Crippen LogP contribution in [0.3, 0.4) is 0 Å². The third-order valence-electron chi connectivity index (χ3n) is 4.32. The lowest BCUT2D eigenvalue weighted by Crippen LogP contribution is -2.28. The molecule has 0 spiro atoms. The highest BCUT2D eigenvalue weighted by atomic mass is 32.2. The van der Waals surface area contributed by atoms with Gasteiger partial charge in [0.2, 0.25) is 5.89 Å². The second-order valence-corrected chi connectivity index (χ2v) is 6.83. The highest BCUT2D eigenvalue weighted by Crippen LogP contribution is 2.32. The Morgan fingerprint density at radius 1 is 1.42 bits per heavy atom. The molecule has 5 nitrogen and oxygen atoms in total. The molecular weight excluding hydrogens is 329 g/mol. The third kappa shape index (κ3) is 3.45. The van der Waals surface area contributed by atoms with Crippen molar-refractivity contribution in [2.24, 2.45) is 0 Å². The molecular formula is C17H20FN3O2S. The Kier molecular flexibility index (Phi) is 5.18. The van der Waals surface area contributed by atoms with E-state index in [1.54, 1.807) is 25.3 Å². The van der Waals surface area contributed by atoms with Gasteiger partial charge in [-0.2, -0.15) is 4.98 Å². The van der Waals surface area contributed by atoms with Gasteiger partial charge in [0.15, 0.2) is 5.82 Å². The van der Waals surface area contributed by atoms with Crippen molar-refractivity contribution in [1.29, 1.82) is 0 Å². The number of hydrogen-bond donors (Lipinski definition) is 1. The molecule has 1 aromatic carbocycles. The van der Waals surface area contributed by atoms with Crippen molar-refractivity contribution in [3.63, 3.8) is 0 Å². The van der Waals surface area contributed by atoms with Crippen LogP contribution >= 0.6 is 11.8 Å². The first-order valence-corrected chi connectivity index (χ1v) is 9.29. The summed E-state index contributed by atoms with van der Waals surface area (Å²) in [4.78, 5) is 17.4. The molecule has 2 aromatic rings. The number of nitrogens with one attached hydrogen (secondary N) is 1. The standard InChI is InChI=1S/C17H20FN3O2S/c1-10(17-20-15(21-23-17)11-6-3-4-7-11)19-16(22)14-12(18)8-5-9-13(14)24-2/h5,8-11H,3-4,6-7H2,1-2H3,(H,19,22). The number of carbonyl (C=O) groups is 1. The molecule has 1 heterocycles. The third-order valence-corrected chi connectivity index (χ3v) is 5.10. The highest BCUT2D eigenvalue weighted by Gasteiger charge is 2.25. The van der Waals surface area contributed by atoms with Gasteiger partial charge >= 0.3 is 0 Å². The minimum absolute atomic E-state index is 0.0485. The van der Waals surface area contributed by atoms with E-state index in [1.807, 2.05) is 0 Å². The van der Waals surface area contributed by atoms with Gasteiger partial charge in [-0.25, -0.2) is 4.39 Å². The molecule has 0 aliphatic heterocycles. The maximum atomic E-state index is 14.0. The van der Waals surface area contributed by atoms with Crippen LogP contribution < -0.4 is 5.32 Å². The molecule has 0 saturated heterocycles. The van der Waals surface area contributed by atoms with Crippen molar-refractivity contribution in [1.82, 2.24) is 15.5 Å². The lowest BCUT2D eigenvalue weighted by atomic mass is 10.1. The summed E-state index contributed by atoms with van der Waals surface area (Å²) >= 11 is 1.33. The summed E-state index contributed by atoms with van der Waals surface area (Å²) in [5.74, 6) is 0.390. The van der Waals surface area contributed by atoms with Gasteiger partial charge in [-0.3, -0.25) is 4.79 Å². The fourth-order valence-electron chi connectivity index (χ4n) is 3.00. The minimum Gasteiger partial charge on any atom is -0.340 e. The van der Waals surface area contributed by atoms with E-state index in [9.17, 15) is 9.18 Å². The van der Waals surface area contributed by atoms with Gasteiger partial charge in [0, 0.05) is 10.8 Å². The van der Waals surface area contributed by atoms with Crippen molar-refractivity contribution in [2.45, 2.75) is 49.5 Å². The zero-order chi connectivity index (χ0) is 17.1. The molecule has 1 N–H and O–H groups in total. The fourth-order valence-corrected chi connectivity index (χ4v) is 3.61. The van der Waals surface area contributed by atoms with Crippen molar-refractivity contribution in [3.05, 3.63) is 41.3 Å². The van der Waals surface area contributed by atoms with E-state index in [-0.39, 0.29) is 5.56 Å². The van der Waals surface area contributed by atoms with Crippen LogP contribution in [0.5, 0.6) is 0 Å². The second kappa shape index (κ2) is 7.34. The van der Waals surface area contributed by atoms with E-state index in [2.05, 4.69) is 15.5 Å². The van der Waals surface area contributed by atoms with E-state index in [1.165, 1.54) is 30.7 Å². The molecule has 1 aliphatic rings. The van der Waals surface area contributed by atoms with Crippen LogP contribution in [0.15, 0.2) is 27.6 Å². The van der Waals surface area contributed by atoms with Crippen molar-refractivity contribution >= 4 is 17.7 Å². The Bertz CT molecular complexity index is 728. The predicted octanol–water partition coefficient (Wildman–Crippen LogP) is 4.08. The first-order chi connectivity index (χ1) is 11.6. The fraction of sp³-hybridized carbons (Fsp3) is 0.471. The number of hydrogen-bond acceptors (Lipinski definition) is 5. The maximum Gasteiger partial charge on any atom is 0.256 e. The number of amides is 1. The van der Waals surface area contributed by atoms with E-state index < -0.39 is 17.8 Å². The Morgan fingerprint density at radius 2 is 2.17 bits per heavy atom. The van der Waals surface area contributed by atoms with E-state index in [4.69, 9.17) is 4.52 Å². The van der Waals surface area contributed by atoms with Gasteiger partial charge < -0.3 is 9.84 Å². The van der Waals surface area contributed by atoms with Crippen LogP contribution in [0.2, 0.25) is 0 Å². The normalized spacial score (nSPS) is 16.3. The molecule has 1 aromatic heterocycles. The molecule has 1 amide bonds. The molecule has 1 fully saturated rings. The predicted molar refractivity (Wildman–Crippen MR) is 89.6 cm³/mol. The van der Waals surface area contributed by atoms with Crippen molar-refractivity contribution in [2.75, 3.05) is 6.26 Å². The van der Waals surface area contributed by atoms with Gasteiger partial charge in [-0.15, -0.1) is 11.8 Å². The highest BCUT2D eigenvalue weighted by molar-refractivity contribution is 7.98. The number of nitrogens with zero attached hydrogens (tertiary/aromatic N) is 2. The van der Waals surface area contributed by atoms with Crippen molar-refractivity contribution < 1.29 is 13.7 Å². The minimum atomic E-state index is -0.538. The van der Waals surface area contributed by atoms with Crippen LogP contribution in [0.4, 0.5) is 4.39 Å². The molecule has 1 unspecified atom stereocenters. The quantitative estimate of drug-likeness (QED) is 0.824. The van der Waals surface area contributed by atoms with Crippen LogP contribution in [0.25, 0.3) is 0 Å². The van der Waals surface area contributed by atoms with Gasteiger partial charge in [-0.05, 0) is 38.2 Å². The summed E-state index contributed by atoms with van der Waals surface area (Å²) in [7, 11) is 0. The lowest BCUT2D eigenvalue weighted by molar-refractivity contribution is 0.0925. The average molecular weight is 349 g/mol. The number of rotatable bonds is 5. The topological polar surface area (TPSA) is 68.0 Å². The monoisotopic (exact) mass is 349 g/mol. The van der Waals surface area contributed by atoms with Crippen LogP contribution in [0.1, 0.15) is 66.6 Å². The molecule has 3 rings (SSSR count). The zero-order valence-corrected chi connectivity index (χ0v) is 14.5. The summed E-state index contributed by atoms with van der Waals surface area (Å²) in [6.07, 6.45) is 6.33. The van der Waals surface area contributed by atoms with Crippen LogP contribution in [0, 0.1) is 5.82 Å². The number of halogens is 1. The molecule has 1 aliphatic carbocycles. The second-order valence-electron chi connectivity index (χ2n) is 5.98. The van der Waals surface area contributed by atoms with Crippen LogP contribution in [-0.4, -0.2) is 22.3 Å². The number of benzene rings is 1. The Morgan fingerprint density at radius 3 is 2.88 bits per heavy atom. The summed E-state index contributed by atoms with van der Waals surface area (Å²) < 4.78 is 19.3. The molecule has 1 atom stereocenters. The summed E-state index contributed by atoms with van der Waals surface area (Å²) in [5, 5.41) is 6.78. The number of thioether (sulfide) groups is 1. The van der Waals surface area contributed by atoms with E-state index in [0.29, 0.717) is 22.5 Å². The maximum absolute atomic E-state index is 14.0. The Balaban J connectivity index is 1.73. The first-order valence-electron chi connectivity index (χ1n) is 8.07. The first kappa shape index (κ1) is 17.0. The Labute approximate surface area is 144 Å². The van der Waals surface area contributed by atoms with Gasteiger partial charge in [0.05, 0.1) is 5.56 Å². The molecule has 0 bridgehead atoms. The SMILES string of the molecule is CSc1cccc(F)c1C(=O)NC(C)c1nc(C2CCCC2)no1. The molecule has 24 heavy (non-hydrogen) atoms. The molecule has 1 saturated carbocycles. The smallest absolute Gasteiger partial charge is 0.256 e. The summed E-state index contributed by atoms with van der Waals surface area (Å²) in [5.41, 5.74) is 0.0485. The van der Waals surface area contributed by atoms with Gasteiger partial charge in [0.1, 0.15) is 11.9 Å². The van der Waals surface area contributed by atoms with Gasteiger partial charge in [0.25, 0.3) is 5.91 Å². The number of carbonyl (C=O) groups excluding carboxylic acids is 1. The molecule has 7 heteroatoms. The largest absolute Gasteiger partial charge is 0.340 e. The van der Waals surface area contributed by atoms with E-state index in [0.717, 1.165) is 12.8 Å². The zero-order valence-electron chi connectivity index (χ0n) is 13.7. The lowest BCUT2D eigenvalue weighted by Gasteiger charge is -2.12. The number of aromatic nitrogens is 2. The molecule has 128 valence electrons. The average Bonchev–Trinajstić information content (AvgIpc) is 3.25. The summed E-state index contributed by atoms with van der Waals surface area (Å²) in [6.45, 7) is 1.75. The summed E-state index contributed by atoms with van der Waals surface area (Å²) in [6, 6.07) is 4.12. The van der Waals surface area contributed by atoms with Crippen molar-refractivity contribution in [3.8, 4) is 0 Å².